The number of halogens is 3. The van der Waals surface area contributed by atoms with Crippen molar-refractivity contribution in [1.82, 2.24) is 4.72 Å². The van der Waals surface area contributed by atoms with Gasteiger partial charge in [0, 0.05) is 6.07 Å². The van der Waals surface area contributed by atoms with Crippen molar-refractivity contribution in [1.29, 1.82) is 0 Å². The number of carboxylic acids is 1. The zero-order valence-electron chi connectivity index (χ0n) is 11.1. The summed E-state index contributed by atoms with van der Waals surface area (Å²) in [4.78, 5) is 9.83. The van der Waals surface area contributed by atoms with Crippen LogP contribution in [0, 0.1) is 17.5 Å². The molecule has 1 rings (SSSR count). The SMILES string of the molecule is CCCC[C@H](NS(=O)(=O)c1cc(F)c(F)cc1F)C(=O)O. The van der Waals surface area contributed by atoms with Crippen LogP contribution in [0.25, 0.3) is 0 Å². The van der Waals surface area contributed by atoms with Crippen LogP contribution >= 0.6 is 0 Å². The summed E-state index contributed by atoms with van der Waals surface area (Å²) in [6, 6.07) is -1.21. The van der Waals surface area contributed by atoms with Gasteiger partial charge in [0.05, 0.1) is 0 Å². The van der Waals surface area contributed by atoms with Crippen LogP contribution in [0.1, 0.15) is 26.2 Å². The van der Waals surface area contributed by atoms with Gasteiger partial charge in [0.1, 0.15) is 16.8 Å². The molecule has 5 nitrogen and oxygen atoms in total. The van der Waals surface area contributed by atoms with Crippen molar-refractivity contribution < 1.29 is 31.5 Å². The molecule has 1 aromatic rings. The van der Waals surface area contributed by atoms with Gasteiger partial charge in [-0.15, -0.1) is 0 Å². The van der Waals surface area contributed by atoms with Crippen LogP contribution in [-0.2, 0) is 14.8 Å². The second-order valence-electron chi connectivity index (χ2n) is 4.35. The third-order valence-electron chi connectivity index (χ3n) is 2.71. The predicted octanol–water partition coefficient (Wildman–Crippen LogP) is 2.03. The van der Waals surface area contributed by atoms with Crippen molar-refractivity contribution in [2.75, 3.05) is 0 Å². The standard InChI is InChI=1S/C12H14F3NO4S/c1-2-3-4-10(12(17)18)16-21(19,20)11-6-8(14)7(13)5-9(11)15/h5-6,10,16H,2-4H2,1H3,(H,17,18)/t10-/m0/s1. The molecule has 0 saturated carbocycles. The van der Waals surface area contributed by atoms with Gasteiger partial charge in [-0.25, -0.2) is 21.6 Å². The quantitative estimate of drug-likeness (QED) is 0.751. The summed E-state index contributed by atoms with van der Waals surface area (Å²) >= 11 is 0. The Kier molecular flexibility index (Phi) is 5.73. The average molecular weight is 325 g/mol. The maximum atomic E-state index is 13.5. The van der Waals surface area contributed by atoms with Crippen molar-refractivity contribution in [3.63, 3.8) is 0 Å². The molecular formula is C12H14F3NO4S. The number of carboxylic acid groups (broad SMARTS) is 1. The third kappa shape index (κ3) is 4.43. The van der Waals surface area contributed by atoms with E-state index in [0.29, 0.717) is 12.8 Å². The minimum atomic E-state index is -4.62. The zero-order chi connectivity index (χ0) is 16.2. The van der Waals surface area contributed by atoms with Gasteiger partial charge in [-0.05, 0) is 12.5 Å². The number of hydrogen-bond acceptors (Lipinski definition) is 3. The van der Waals surface area contributed by atoms with E-state index in [1.165, 1.54) is 0 Å². The number of sulfonamides is 1. The molecule has 9 heteroatoms. The molecule has 1 aromatic carbocycles. The number of nitrogens with one attached hydrogen (secondary N) is 1. The van der Waals surface area contributed by atoms with Crippen LogP contribution < -0.4 is 4.72 Å². The number of rotatable bonds is 7. The molecule has 0 bridgehead atoms. The van der Waals surface area contributed by atoms with Crippen LogP contribution in [0.2, 0.25) is 0 Å². The summed E-state index contributed by atoms with van der Waals surface area (Å²) in [6.45, 7) is 1.78. The second kappa shape index (κ2) is 6.90. The normalized spacial score (nSPS) is 13.1. The molecule has 0 aliphatic carbocycles. The molecule has 0 fully saturated rings. The third-order valence-corrected chi connectivity index (χ3v) is 4.19. The minimum absolute atomic E-state index is 0.00361. The van der Waals surface area contributed by atoms with Gasteiger partial charge in [-0.3, -0.25) is 4.79 Å². The number of carbonyl (C=O) groups is 1. The van der Waals surface area contributed by atoms with Crippen molar-refractivity contribution >= 4 is 16.0 Å². The molecular weight excluding hydrogens is 311 g/mol. The van der Waals surface area contributed by atoms with Gasteiger partial charge >= 0.3 is 5.97 Å². The highest BCUT2D eigenvalue weighted by Gasteiger charge is 2.28. The van der Waals surface area contributed by atoms with Gasteiger partial charge < -0.3 is 5.11 Å². The van der Waals surface area contributed by atoms with Crippen LogP contribution in [0.4, 0.5) is 13.2 Å². The monoisotopic (exact) mass is 325 g/mol. The number of hydrogen-bond donors (Lipinski definition) is 2. The van der Waals surface area contributed by atoms with Gasteiger partial charge in [-0.1, -0.05) is 19.8 Å². The van der Waals surface area contributed by atoms with Crippen molar-refractivity contribution in [3.8, 4) is 0 Å². The van der Waals surface area contributed by atoms with Crippen LogP contribution in [0.3, 0.4) is 0 Å². The molecule has 0 heterocycles. The topological polar surface area (TPSA) is 83.5 Å². The Hall–Kier alpha value is -1.61. The zero-order valence-corrected chi connectivity index (χ0v) is 11.9. The second-order valence-corrected chi connectivity index (χ2v) is 6.03. The fourth-order valence-corrected chi connectivity index (χ4v) is 2.90. The van der Waals surface area contributed by atoms with E-state index in [0.717, 1.165) is 0 Å². The van der Waals surface area contributed by atoms with Gasteiger partial charge in [-0.2, -0.15) is 4.72 Å². The lowest BCUT2D eigenvalue weighted by molar-refractivity contribution is -0.139. The Morgan fingerprint density at radius 2 is 1.81 bits per heavy atom. The van der Waals surface area contributed by atoms with Gasteiger partial charge in [0.25, 0.3) is 0 Å². The molecule has 2 N–H and O–H groups in total. The maximum absolute atomic E-state index is 13.5. The average Bonchev–Trinajstić information content (AvgIpc) is 2.38. The van der Waals surface area contributed by atoms with E-state index in [9.17, 15) is 26.4 Å². The first-order chi connectivity index (χ1) is 9.69. The Morgan fingerprint density at radius 3 is 2.33 bits per heavy atom. The van der Waals surface area contributed by atoms with Crippen molar-refractivity contribution in [2.45, 2.75) is 37.1 Å². The van der Waals surface area contributed by atoms with Gasteiger partial charge in [0.2, 0.25) is 10.0 Å². The Balaban J connectivity index is 3.10. The molecule has 0 spiro atoms. The summed E-state index contributed by atoms with van der Waals surface area (Å²) < 4.78 is 64.8. The lowest BCUT2D eigenvalue weighted by Gasteiger charge is -2.15. The van der Waals surface area contributed by atoms with E-state index >= 15 is 0 Å². The summed E-state index contributed by atoms with van der Waals surface area (Å²) in [7, 11) is -4.62. The predicted molar refractivity (Wildman–Crippen MR) is 67.6 cm³/mol. The smallest absolute Gasteiger partial charge is 0.321 e. The Labute approximate surface area is 119 Å². The molecule has 0 saturated heterocycles. The first-order valence-electron chi connectivity index (χ1n) is 6.08. The fourth-order valence-electron chi connectivity index (χ4n) is 1.60. The lowest BCUT2D eigenvalue weighted by atomic mass is 10.1. The molecule has 118 valence electrons. The number of benzene rings is 1. The molecule has 0 aromatic heterocycles. The van der Waals surface area contributed by atoms with Crippen LogP contribution in [-0.4, -0.2) is 25.5 Å². The molecule has 21 heavy (non-hydrogen) atoms. The summed E-state index contributed by atoms with van der Waals surface area (Å²) in [5.41, 5.74) is 0. The summed E-state index contributed by atoms with van der Waals surface area (Å²) in [5, 5.41) is 8.92. The van der Waals surface area contributed by atoms with E-state index in [4.69, 9.17) is 5.11 Å². The fraction of sp³-hybridized carbons (Fsp3) is 0.417. The minimum Gasteiger partial charge on any atom is -0.480 e. The van der Waals surface area contributed by atoms with E-state index in [-0.39, 0.29) is 18.6 Å². The molecule has 0 aliphatic heterocycles. The lowest BCUT2D eigenvalue weighted by Crippen LogP contribution is -2.41. The van der Waals surface area contributed by atoms with Gasteiger partial charge in [0.15, 0.2) is 11.6 Å². The van der Waals surface area contributed by atoms with E-state index < -0.39 is 44.4 Å². The van der Waals surface area contributed by atoms with Crippen LogP contribution in [0.15, 0.2) is 17.0 Å². The molecule has 1 atom stereocenters. The summed E-state index contributed by atoms with van der Waals surface area (Å²) in [6.07, 6.45) is 1.06. The maximum Gasteiger partial charge on any atom is 0.321 e. The number of unbranched alkanes of at least 4 members (excludes halogenated alkanes) is 1. The highest BCUT2D eigenvalue weighted by atomic mass is 32.2. The molecule has 0 radical (unpaired) electrons. The Morgan fingerprint density at radius 1 is 1.24 bits per heavy atom. The van der Waals surface area contributed by atoms with E-state index in [1.807, 2.05) is 0 Å². The Bertz CT molecular complexity index is 634. The van der Waals surface area contributed by atoms with Crippen LogP contribution in [0.5, 0.6) is 0 Å². The van der Waals surface area contributed by atoms with E-state index in [2.05, 4.69) is 0 Å². The first-order valence-corrected chi connectivity index (χ1v) is 7.57. The highest BCUT2D eigenvalue weighted by Crippen LogP contribution is 2.19. The number of aliphatic carboxylic acids is 1. The largest absolute Gasteiger partial charge is 0.480 e. The molecule has 0 amide bonds. The van der Waals surface area contributed by atoms with Crippen molar-refractivity contribution in [2.24, 2.45) is 0 Å². The highest BCUT2D eigenvalue weighted by molar-refractivity contribution is 7.89. The van der Waals surface area contributed by atoms with E-state index in [1.54, 1.807) is 11.6 Å². The molecule has 0 unspecified atom stereocenters. The summed E-state index contributed by atoms with van der Waals surface area (Å²) in [5.74, 6) is -6.01. The van der Waals surface area contributed by atoms with Crippen molar-refractivity contribution in [3.05, 3.63) is 29.6 Å². The molecule has 0 aliphatic rings. The first kappa shape index (κ1) is 17.4.